The number of hydrogen-bond donors (Lipinski definition) is 4. The molecule has 2 fully saturated rings. The molecule has 1 aromatic rings. The molecular weight excluding hydrogens is 384 g/mol. The van der Waals surface area contributed by atoms with Gasteiger partial charge in [0.15, 0.2) is 0 Å². The lowest BCUT2D eigenvalue weighted by atomic mass is 9.76. The number of carbonyl (C=O) groups is 3. The molecule has 1 saturated carbocycles. The van der Waals surface area contributed by atoms with Gasteiger partial charge < -0.3 is 15.7 Å². The third kappa shape index (κ3) is 4.39. The Balaban J connectivity index is 1.60. The Labute approximate surface area is 167 Å². The molecule has 4 N–H and O–H groups in total. The van der Waals surface area contributed by atoms with E-state index in [9.17, 15) is 28.3 Å². The van der Waals surface area contributed by atoms with Crippen LogP contribution in [0.25, 0.3) is 0 Å². The largest absolute Gasteiger partial charge is 0.388 e. The van der Waals surface area contributed by atoms with E-state index < -0.39 is 34.9 Å². The number of amides is 4. The van der Waals surface area contributed by atoms with Crippen molar-refractivity contribution in [3.63, 3.8) is 0 Å². The van der Waals surface area contributed by atoms with Gasteiger partial charge in [-0.3, -0.25) is 14.9 Å². The average Bonchev–Trinajstić information content (AvgIpc) is 2.92. The van der Waals surface area contributed by atoms with Crippen molar-refractivity contribution in [2.75, 3.05) is 6.54 Å². The Kier molecular flexibility index (Phi) is 5.38. The van der Waals surface area contributed by atoms with E-state index in [0.29, 0.717) is 11.1 Å². The quantitative estimate of drug-likeness (QED) is 0.558. The molecule has 0 aromatic heterocycles. The lowest BCUT2D eigenvalue weighted by Crippen LogP contribution is -2.48. The van der Waals surface area contributed by atoms with Gasteiger partial charge in [-0.05, 0) is 50.3 Å². The van der Waals surface area contributed by atoms with Crippen LogP contribution < -0.4 is 16.0 Å². The fourth-order valence-corrected chi connectivity index (χ4v) is 3.87. The maximum absolute atomic E-state index is 13.3. The molecule has 29 heavy (non-hydrogen) atoms. The number of hydrogen-bond acceptors (Lipinski definition) is 4. The maximum Gasteiger partial charge on any atom is 0.322 e. The molecule has 2 aliphatic rings. The van der Waals surface area contributed by atoms with Crippen LogP contribution in [0.3, 0.4) is 0 Å². The molecule has 1 heterocycles. The van der Waals surface area contributed by atoms with Crippen molar-refractivity contribution >= 4 is 17.8 Å². The van der Waals surface area contributed by atoms with Gasteiger partial charge in [0.25, 0.3) is 11.8 Å². The van der Waals surface area contributed by atoms with E-state index in [-0.39, 0.29) is 38.1 Å². The van der Waals surface area contributed by atoms with Gasteiger partial charge >= 0.3 is 6.03 Å². The highest BCUT2D eigenvalue weighted by molar-refractivity contribution is 6.07. The first-order valence-electron chi connectivity index (χ1n) is 9.55. The minimum atomic E-state index is -2.68. The van der Waals surface area contributed by atoms with Gasteiger partial charge in [0, 0.05) is 24.9 Å². The van der Waals surface area contributed by atoms with Crippen molar-refractivity contribution in [3.05, 3.63) is 35.4 Å². The van der Waals surface area contributed by atoms with Crippen molar-refractivity contribution in [1.29, 1.82) is 0 Å². The number of rotatable bonds is 5. The van der Waals surface area contributed by atoms with E-state index in [4.69, 9.17) is 0 Å². The van der Waals surface area contributed by atoms with Gasteiger partial charge in [0.2, 0.25) is 5.92 Å². The highest BCUT2D eigenvalue weighted by Gasteiger charge is 2.44. The van der Waals surface area contributed by atoms with Gasteiger partial charge in [-0.25, -0.2) is 13.6 Å². The number of aliphatic hydroxyl groups is 1. The minimum absolute atomic E-state index is 0.0556. The summed E-state index contributed by atoms with van der Waals surface area (Å²) in [6, 6.07) is 5.60. The number of alkyl halides is 2. The van der Waals surface area contributed by atoms with Crippen molar-refractivity contribution in [2.24, 2.45) is 5.92 Å². The molecule has 1 saturated heterocycles. The molecule has 0 bridgehead atoms. The fraction of sp³-hybridized carbons (Fsp3) is 0.550. The summed E-state index contributed by atoms with van der Waals surface area (Å²) in [7, 11) is 0. The second-order valence-corrected chi connectivity index (χ2v) is 8.28. The SMILES string of the molecule is CC1(c2ccc(C(=O)NCC(C)(O)C3CCC(F)(F)CC3)cc2)NC(=O)NC1=O. The summed E-state index contributed by atoms with van der Waals surface area (Å²) in [5.74, 6) is -3.89. The standard InChI is InChI=1S/C20H25F2N3O4/c1-18(29,13-7-9-20(21,22)10-8-13)11-23-15(26)12-3-5-14(6-4-12)19(2)16(27)24-17(28)25-19/h3-6,13,29H,7-11H2,1-2H3,(H,23,26)(H2,24,25,27,28). The summed E-state index contributed by atoms with van der Waals surface area (Å²) in [5, 5.41) is 18.0. The zero-order valence-electron chi connectivity index (χ0n) is 16.4. The number of imide groups is 1. The lowest BCUT2D eigenvalue weighted by molar-refractivity contribution is -0.123. The van der Waals surface area contributed by atoms with Gasteiger partial charge in [0.05, 0.1) is 5.60 Å². The summed E-state index contributed by atoms with van der Waals surface area (Å²) >= 11 is 0. The van der Waals surface area contributed by atoms with Crippen LogP contribution in [0.15, 0.2) is 24.3 Å². The molecule has 0 spiro atoms. The van der Waals surface area contributed by atoms with Crippen molar-refractivity contribution in [1.82, 2.24) is 16.0 Å². The Bertz CT molecular complexity index is 816. The van der Waals surface area contributed by atoms with E-state index in [1.807, 2.05) is 0 Å². The van der Waals surface area contributed by atoms with Crippen LogP contribution in [-0.2, 0) is 10.3 Å². The van der Waals surface area contributed by atoms with E-state index in [2.05, 4.69) is 16.0 Å². The van der Waals surface area contributed by atoms with Crippen LogP contribution in [0.1, 0.15) is 55.5 Å². The molecule has 1 aliphatic carbocycles. The first-order valence-corrected chi connectivity index (χ1v) is 9.55. The first-order chi connectivity index (χ1) is 13.4. The Morgan fingerprint density at radius 2 is 1.83 bits per heavy atom. The predicted octanol–water partition coefficient (Wildman–Crippen LogP) is 2.05. The van der Waals surface area contributed by atoms with Crippen LogP contribution >= 0.6 is 0 Å². The number of urea groups is 1. The summed E-state index contributed by atoms with van der Waals surface area (Å²) in [6.07, 6.45) is -0.105. The topological polar surface area (TPSA) is 108 Å². The fourth-order valence-electron chi connectivity index (χ4n) is 3.87. The zero-order valence-corrected chi connectivity index (χ0v) is 16.4. The van der Waals surface area contributed by atoms with Gasteiger partial charge in [0.1, 0.15) is 5.54 Å². The molecule has 2 atom stereocenters. The minimum Gasteiger partial charge on any atom is -0.388 e. The van der Waals surface area contributed by atoms with E-state index >= 15 is 0 Å². The maximum atomic E-state index is 13.3. The third-order valence-electron chi connectivity index (χ3n) is 5.97. The molecular formula is C20H25F2N3O4. The van der Waals surface area contributed by atoms with Gasteiger partial charge in [-0.2, -0.15) is 0 Å². The van der Waals surface area contributed by atoms with Crippen LogP contribution in [-0.4, -0.2) is 41.0 Å². The number of carbonyl (C=O) groups excluding carboxylic acids is 3. The smallest absolute Gasteiger partial charge is 0.322 e. The number of nitrogens with one attached hydrogen (secondary N) is 3. The Hall–Kier alpha value is -2.55. The predicted molar refractivity (Wildman–Crippen MR) is 100 cm³/mol. The number of halogens is 2. The van der Waals surface area contributed by atoms with Crippen LogP contribution in [0.4, 0.5) is 13.6 Å². The molecule has 158 valence electrons. The van der Waals surface area contributed by atoms with Crippen molar-refractivity contribution < 1.29 is 28.3 Å². The van der Waals surface area contributed by atoms with Crippen LogP contribution in [0.2, 0.25) is 0 Å². The molecule has 3 rings (SSSR count). The second-order valence-electron chi connectivity index (χ2n) is 8.28. The summed E-state index contributed by atoms with van der Waals surface area (Å²) < 4.78 is 26.6. The second kappa shape index (κ2) is 7.37. The van der Waals surface area contributed by atoms with E-state index in [0.717, 1.165) is 0 Å². The third-order valence-corrected chi connectivity index (χ3v) is 5.97. The molecule has 2 unspecified atom stereocenters. The Morgan fingerprint density at radius 1 is 1.24 bits per heavy atom. The number of benzene rings is 1. The molecule has 1 aliphatic heterocycles. The van der Waals surface area contributed by atoms with Crippen molar-refractivity contribution in [2.45, 2.75) is 56.6 Å². The summed E-state index contributed by atoms with van der Waals surface area (Å²) in [5.41, 5.74) is -1.66. The molecule has 0 radical (unpaired) electrons. The molecule has 4 amide bonds. The van der Waals surface area contributed by atoms with Gasteiger partial charge in [-0.1, -0.05) is 12.1 Å². The van der Waals surface area contributed by atoms with E-state index in [1.165, 1.54) is 12.1 Å². The highest BCUT2D eigenvalue weighted by atomic mass is 19.3. The van der Waals surface area contributed by atoms with Gasteiger partial charge in [-0.15, -0.1) is 0 Å². The van der Waals surface area contributed by atoms with Crippen LogP contribution in [0.5, 0.6) is 0 Å². The highest BCUT2D eigenvalue weighted by Crippen LogP contribution is 2.40. The summed E-state index contributed by atoms with van der Waals surface area (Å²) in [6.45, 7) is 3.06. The lowest BCUT2D eigenvalue weighted by Gasteiger charge is -2.38. The molecule has 7 nitrogen and oxygen atoms in total. The average molecular weight is 409 g/mol. The van der Waals surface area contributed by atoms with Crippen molar-refractivity contribution in [3.8, 4) is 0 Å². The monoisotopic (exact) mass is 409 g/mol. The molecule has 1 aromatic carbocycles. The van der Waals surface area contributed by atoms with Crippen LogP contribution in [0, 0.1) is 5.92 Å². The normalized spacial score (nSPS) is 26.4. The zero-order chi connectivity index (χ0) is 21.4. The Morgan fingerprint density at radius 3 is 2.34 bits per heavy atom. The molecule has 9 heteroatoms. The van der Waals surface area contributed by atoms with E-state index in [1.54, 1.807) is 26.0 Å². The summed E-state index contributed by atoms with van der Waals surface area (Å²) in [4.78, 5) is 35.8. The first kappa shape index (κ1) is 21.2.